The van der Waals surface area contributed by atoms with Crippen molar-refractivity contribution < 1.29 is 18.1 Å². The summed E-state index contributed by atoms with van der Waals surface area (Å²) in [6.07, 6.45) is 19.1. The molecule has 2 N–H and O–H groups in total. The van der Waals surface area contributed by atoms with Crippen molar-refractivity contribution in [1.82, 2.24) is 0 Å². The second-order valence-corrected chi connectivity index (χ2v) is 10.4. The lowest BCUT2D eigenvalue weighted by molar-refractivity contribution is 0.0380. The van der Waals surface area contributed by atoms with Gasteiger partial charge in [0.1, 0.15) is 5.25 Å². The monoisotopic (exact) mass is 420 g/mol. The van der Waals surface area contributed by atoms with Gasteiger partial charge in [-0.15, -0.1) is 0 Å². The third-order valence-electron chi connectivity index (χ3n) is 5.91. The number of hydrogen-bond donors (Lipinski definition) is 2. The second-order valence-electron chi connectivity index (χ2n) is 8.85. The van der Waals surface area contributed by atoms with Crippen LogP contribution in [0.3, 0.4) is 0 Å². The van der Waals surface area contributed by atoms with Gasteiger partial charge in [0, 0.05) is 0 Å². The van der Waals surface area contributed by atoms with E-state index in [4.69, 9.17) is 0 Å². The summed E-state index contributed by atoms with van der Waals surface area (Å²) in [7, 11) is -4.23. The molecule has 0 aromatic carbocycles. The van der Waals surface area contributed by atoms with Crippen LogP contribution in [-0.2, 0) is 10.1 Å². The molecule has 5 heteroatoms. The first-order valence-electron chi connectivity index (χ1n) is 11.9. The Bertz CT molecular complexity index is 446. The van der Waals surface area contributed by atoms with Crippen molar-refractivity contribution in [3.05, 3.63) is 0 Å². The largest absolute Gasteiger partial charge is 0.389 e. The highest BCUT2D eigenvalue weighted by atomic mass is 32.2. The van der Waals surface area contributed by atoms with Gasteiger partial charge in [-0.25, -0.2) is 0 Å². The van der Waals surface area contributed by atoms with Gasteiger partial charge in [-0.3, -0.25) is 4.55 Å². The smallest absolute Gasteiger partial charge is 0.270 e. The molecule has 0 radical (unpaired) electrons. The average molecular weight is 421 g/mol. The van der Waals surface area contributed by atoms with Crippen LogP contribution in [0.25, 0.3) is 0 Å². The van der Waals surface area contributed by atoms with Crippen LogP contribution in [0.2, 0.25) is 0 Å². The first-order chi connectivity index (χ1) is 13.3. The minimum absolute atomic E-state index is 0.345. The lowest BCUT2D eigenvalue weighted by Crippen LogP contribution is -2.44. The van der Waals surface area contributed by atoms with Crippen molar-refractivity contribution in [2.24, 2.45) is 0 Å². The van der Waals surface area contributed by atoms with Crippen LogP contribution in [0.4, 0.5) is 0 Å². The summed E-state index contributed by atoms with van der Waals surface area (Å²) in [6, 6.07) is 0. The summed E-state index contributed by atoms with van der Waals surface area (Å²) >= 11 is 0. The van der Waals surface area contributed by atoms with Gasteiger partial charge >= 0.3 is 0 Å². The molecule has 170 valence electrons. The van der Waals surface area contributed by atoms with E-state index in [1.54, 1.807) is 6.92 Å². The Kier molecular flexibility index (Phi) is 16.6. The van der Waals surface area contributed by atoms with Crippen molar-refractivity contribution in [3.8, 4) is 0 Å². The lowest BCUT2D eigenvalue weighted by Gasteiger charge is -2.31. The summed E-state index contributed by atoms with van der Waals surface area (Å²) in [5.74, 6) is 0. The van der Waals surface area contributed by atoms with Crippen molar-refractivity contribution in [3.63, 3.8) is 0 Å². The van der Waals surface area contributed by atoms with E-state index in [0.29, 0.717) is 12.8 Å². The maximum Gasteiger partial charge on any atom is 0.270 e. The van der Waals surface area contributed by atoms with Gasteiger partial charge in [-0.2, -0.15) is 8.42 Å². The first-order valence-corrected chi connectivity index (χ1v) is 13.4. The zero-order valence-electron chi connectivity index (χ0n) is 18.9. The van der Waals surface area contributed by atoms with E-state index in [1.807, 2.05) is 0 Å². The van der Waals surface area contributed by atoms with E-state index >= 15 is 0 Å². The van der Waals surface area contributed by atoms with Crippen LogP contribution in [0.15, 0.2) is 0 Å². The number of hydrogen-bond acceptors (Lipinski definition) is 3. The van der Waals surface area contributed by atoms with Gasteiger partial charge < -0.3 is 5.11 Å². The average Bonchev–Trinajstić information content (AvgIpc) is 2.61. The van der Waals surface area contributed by atoms with Crippen molar-refractivity contribution in [1.29, 1.82) is 0 Å². The van der Waals surface area contributed by atoms with Crippen LogP contribution < -0.4 is 0 Å². The molecule has 0 saturated carbocycles. The summed E-state index contributed by atoms with van der Waals surface area (Å²) in [5.41, 5.74) is -1.35. The number of rotatable bonds is 20. The fraction of sp³-hybridized carbons (Fsp3) is 1.00. The molecule has 0 aromatic rings. The third-order valence-corrected chi connectivity index (χ3v) is 7.37. The topological polar surface area (TPSA) is 74.6 Å². The Hall–Kier alpha value is -0.130. The molecule has 0 aliphatic carbocycles. The van der Waals surface area contributed by atoms with Crippen LogP contribution >= 0.6 is 0 Å². The molecule has 0 aromatic heterocycles. The van der Waals surface area contributed by atoms with E-state index in [9.17, 15) is 18.1 Å². The third kappa shape index (κ3) is 14.8. The molecule has 2 atom stereocenters. The first kappa shape index (κ1) is 27.9. The van der Waals surface area contributed by atoms with Crippen LogP contribution in [-0.4, -0.2) is 28.9 Å². The van der Waals surface area contributed by atoms with Gasteiger partial charge in [-0.1, -0.05) is 117 Å². The lowest BCUT2D eigenvalue weighted by atomic mass is 9.91. The molecular formula is C23H48O4S. The van der Waals surface area contributed by atoms with Crippen LogP contribution in [0, 0.1) is 0 Å². The maximum absolute atomic E-state index is 11.8. The van der Waals surface area contributed by atoms with Gasteiger partial charge in [0.15, 0.2) is 0 Å². The zero-order valence-corrected chi connectivity index (χ0v) is 19.7. The Balaban J connectivity index is 4.14. The molecule has 0 heterocycles. The highest BCUT2D eigenvalue weighted by molar-refractivity contribution is 7.86. The summed E-state index contributed by atoms with van der Waals surface area (Å²) in [4.78, 5) is 0. The predicted molar refractivity (Wildman–Crippen MR) is 120 cm³/mol. The molecule has 0 amide bonds. The molecule has 0 spiro atoms. The van der Waals surface area contributed by atoms with E-state index in [2.05, 4.69) is 13.8 Å². The van der Waals surface area contributed by atoms with Crippen LogP contribution in [0.5, 0.6) is 0 Å². The molecule has 4 nitrogen and oxygen atoms in total. The fourth-order valence-electron chi connectivity index (χ4n) is 4.02. The molecule has 0 bridgehead atoms. The predicted octanol–water partition coefficient (Wildman–Crippen LogP) is 7.06. The fourth-order valence-corrected chi connectivity index (χ4v) is 5.25. The molecule has 2 unspecified atom stereocenters. The minimum atomic E-state index is -4.23. The van der Waals surface area contributed by atoms with Gasteiger partial charge in [-0.05, 0) is 19.8 Å². The van der Waals surface area contributed by atoms with E-state index in [0.717, 1.165) is 38.5 Å². The van der Waals surface area contributed by atoms with E-state index < -0.39 is 21.0 Å². The quantitative estimate of drug-likeness (QED) is 0.163. The van der Waals surface area contributed by atoms with Gasteiger partial charge in [0.2, 0.25) is 0 Å². The Morgan fingerprint density at radius 1 is 0.679 bits per heavy atom. The SMILES string of the molecule is CCCCCCCCCCC(C(C)(O)CCCCCCCCCC)S(=O)(=O)O. The maximum atomic E-state index is 11.8. The summed E-state index contributed by atoms with van der Waals surface area (Å²) in [5, 5.41) is 9.68. The molecule has 0 rings (SSSR count). The molecule has 0 saturated heterocycles. The van der Waals surface area contributed by atoms with Crippen molar-refractivity contribution in [2.45, 2.75) is 147 Å². The number of aliphatic hydroxyl groups is 1. The number of unbranched alkanes of at least 4 members (excludes halogenated alkanes) is 14. The summed E-state index contributed by atoms with van der Waals surface area (Å²) < 4.78 is 33.3. The molecular weight excluding hydrogens is 372 g/mol. The normalized spacial score (nSPS) is 15.5. The van der Waals surface area contributed by atoms with Gasteiger partial charge in [0.25, 0.3) is 10.1 Å². The second kappa shape index (κ2) is 16.6. The van der Waals surface area contributed by atoms with Crippen molar-refractivity contribution in [2.75, 3.05) is 0 Å². The molecule has 28 heavy (non-hydrogen) atoms. The minimum Gasteiger partial charge on any atom is -0.389 e. The molecule has 0 fully saturated rings. The Morgan fingerprint density at radius 3 is 1.43 bits per heavy atom. The van der Waals surface area contributed by atoms with Gasteiger partial charge in [0.05, 0.1) is 5.60 Å². The standard InChI is InChI=1S/C23H48O4S/c1-4-6-8-10-12-14-16-18-20-22(28(25,26)27)23(3,24)21-19-17-15-13-11-9-7-5-2/h22,24H,4-21H2,1-3H3,(H,25,26,27). The van der Waals surface area contributed by atoms with Crippen molar-refractivity contribution >= 4 is 10.1 Å². The van der Waals surface area contributed by atoms with Crippen LogP contribution in [0.1, 0.15) is 136 Å². The summed E-state index contributed by atoms with van der Waals surface area (Å²) in [6.45, 7) is 5.99. The van der Waals surface area contributed by atoms with E-state index in [-0.39, 0.29) is 0 Å². The highest BCUT2D eigenvalue weighted by Gasteiger charge is 2.39. The highest BCUT2D eigenvalue weighted by Crippen LogP contribution is 2.28. The zero-order chi connectivity index (χ0) is 21.3. The Morgan fingerprint density at radius 2 is 1.04 bits per heavy atom. The Labute approximate surface area is 175 Å². The molecule has 0 aliphatic heterocycles. The molecule has 0 aliphatic rings. The van der Waals surface area contributed by atoms with E-state index in [1.165, 1.54) is 64.2 Å².